The van der Waals surface area contributed by atoms with Crippen molar-refractivity contribution in [1.82, 2.24) is 9.55 Å². The highest BCUT2D eigenvalue weighted by Crippen LogP contribution is 2.15. The Labute approximate surface area is 85.5 Å². The number of carboxylic acid groups (broad SMARTS) is 1. The third-order valence-electron chi connectivity index (χ3n) is 2.15. The second-order valence-corrected chi connectivity index (χ2v) is 3.25. The molecule has 0 saturated carbocycles. The number of hydrogen-bond donors (Lipinski definition) is 1. The van der Waals surface area contributed by atoms with E-state index in [-0.39, 0.29) is 13.0 Å². The lowest BCUT2D eigenvalue weighted by molar-refractivity contribution is -0.138. The fourth-order valence-electron chi connectivity index (χ4n) is 1.24. The number of aliphatic carboxylic acids is 1. The molecule has 6 heteroatoms. The number of rotatable bonds is 5. The summed E-state index contributed by atoms with van der Waals surface area (Å²) in [5, 5.41) is 8.77. The first-order valence-corrected chi connectivity index (χ1v) is 4.53. The first-order chi connectivity index (χ1) is 7.02. The van der Waals surface area contributed by atoms with Crippen LogP contribution in [0.2, 0.25) is 0 Å². The maximum atomic E-state index is 12.0. The summed E-state index contributed by atoms with van der Waals surface area (Å²) in [6, 6.07) is 0. The Hall–Kier alpha value is -1.46. The normalized spacial score (nSPS) is 13.1. The van der Waals surface area contributed by atoms with Gasteiger partial charge in [-0.25, -0.2) is 13.8 Å². The topological polar surface area (TPSA) is 55.1 Å². The van der Waals surface area contributed by atoms with Gasteiger partial charge in [0.2, 0.25) is 6.43 Å². The SMILES string of the molecule is CC(C(=O)O)c1cncn1CCC(F)F. The molecule has 0 aliphatic heterocycles. The standard InChI is InChI=1S/C9H12F2N2O2/c1-6(9(14)15)7-4-12-5-13(7)3-2-8(10)11/h4-6,8H,2-3H2,1H3,(H,14,15). The van der Waals surface area contributed by atoms with E-state index in [1.165, 1.54) is 24.0 Å². The van der Waals surface area contributed by atoms with Gasteiger partial charge in [0, 0.05) is 19.2 Å². The predicted molar refractivity (Wildman–Crippen MR) is 48.9 cm³/mol. The van der Waals surface area contributed by atoms with E-state index in [2.05, 4.69) is 4.98 Å². The molecule has 4 nitrogen and oxygen atoms in total. The molecule has 84 valence electrons. The molecular weight excluding hydrogens is 206 g/mol. The molecule has 1 N–H and O–H groups in total. The van der Waals surface area contributed by atoms with Gasteiger partial charge in [0.05, 0.1) is 17.9 Å². The predicted octanol–water partition coefficient (Wildman–Crippen LogP) is 1.73. The van der Waals surface area contributed by atoms with Crippen LogP contribution in [0.5, 0.6) is 0 Å². The number of carboxylic acids is 1. The molecule has 15 heavy (non-hydrogen) atoms. The average Bonchev–Trinajstić information content (AvgIpc) is 2.60. The van der Waals surface area contributed by atoms with Crippen LogP contribution < -0.4 is 0 Å². The van der Waals surface area contributed by atoms with E-state index in [0.717, 1.165) is 0 Å². The monoisotopic (exact) mass is 218 g/mol. The molecule has 0 spiro atoms. The van der Waals surface area contributed by atoms with Gasteiger partial charge in [0.15, 0.2) is 0 Å². The molecule has 1 aromatic rings. The third-order valence-corrected chi connectivity index (χ3v) is 2.15. The summed E-state index contributed by atoms with van der Waals surface area (Å²) < 4.78 is 25.4. The minimum Gasteiger partial charge on any atom is -0.481 e. The summed E-state index contributed by atoms with van der Waals surface area (Å²) in [4.78, 5) is 14.5. The summed E-state index contributed by atoms with van der Waals surface area (Å²) in [6.07, 6.45) is 0.0808. The molecule has 1 rings (SSSR count). The van der Waals surface area contributed by atoms with Gasteiger partial charge >= 0.3 is 5.97 Å². The highest BCUT2D eigenvalue weighted by atomic mass is 19.3. The van der Waals surface area contributed by atoms with Gasteiger partial charge < -0.3 is 9.67 Å². The first kappa shape index (κ1) is 11.6. The van der Waals surface area contributed by atoms with Gasteiger partial charge in [-0.15, -0.1) is 0 Å². The van der Waals surface area contributed by atoms with Crippen LogP contribution in [0.15, 0.2) is 12.5 Å². The van der Waals surface area contributed by atoms with Crippen LogP contribution in [0.4, 0.5) is 8.78 Å². The second kappa shape index (κ2) is 4.86. The Morgan fingerprint density at radius 1 is 1.67 bits per heavy atom. The van der Waals surface area contributed by atoms with Gasteiger partial charge in [-0.2, -0.15) is 0 Å². The minimum atomic E-state index is -2.39. The van der Waals surface area contributed by atoms with Crippen molar-refractivity contribution in [1.29, 1.82) is 0 Å². The van der Waals surface area contributed by atoms with Crippen molar-refractivity contribution in [2.45, 2.75) is 32.2 Å². The quantitative estimate of drug-likeness (QED) is 0.818. The smallest absolute Gasteiger partial charge is 0.312 e. The van der Waals surface area contributed by atoms with Crippen LogP contribution >= 0.6 is 0 Å². The van der Waals surface area contributed by atoms with Gasteiger partial charge in [-0.05, 0) is 6.92 Å². The molecule has 0 aliphatic carbocycles. The lowest BCUT2D eigenvalue weighted by Gasteiger charge is -2.10. The van der Waals surface area contributed by atoms with E-state index < -0.39 is 18.3 Å². The molecule has 1 atom stereocenters. The Bertz CT molecular complexity index is 339. The fourth-order valence-corrected chi connectivity index (χ4v) is 1.24. The zero-order chi connectivity index (χ0) is 11.4. The van der Waals surface area contributed by atoms with Crippen molar-refractivity contribution in [3.63, 3.8) is 0 Å². The second-order valence-electron chi connectivity index (χ2n) is 3.25. The summed E-state index contributed by atoms with van der Waals surface area (Å²) in [5.74, 6) is -1.72. The minimum absolute atomic E-state index is 0.0879. The first-order valence-electron chi connectivity index (χ1n) is 4.53. The molecule has 1 unspecified atom stereocenters. The molecule has 0 fully saturated rings. The van der Waals surface area contributed by atoms with Crippen molar-refractivity contribution >= 4 is 5.97 Å². The average molecular weight is 218 g/mol. The highest BCUT2D eigenvalue weighted by molar-refractivity contribution is 5.74. The largest absolute Gasteiger partial charge is 0.481 e. The summed E-state index contributed by atoms with van der Waals surface area (Å²) >= 11 is 0. The van der Waals surface area contributed by atoms with E-state index in [4.69, 9.17) is 5.11 Å². The number of alkyl halides is 2. The third kappa shape index (κ3) is 3.00. The number of aromatic nitrogens is 2. The van der Waals surface area contributed by atoms with E-state index in [1.54, 1.807) is 0 Å². The van der Waals surface area contributed by atoms with Crippen LogP contribution in [0, 0.1) is 0 Å². The van der Waals surface area contributed by atoms with Gasteiger partial charge in [-0.1, -0.05) is 0 Å². The van der Waals surface area contributed by atoms with Crippen LogP contribution in [-0.4, -0.2) is 27.1 Å². The number of imidazole rings is 1. The molecule has 1 heterocycles. The van der Waals surface area contributed by atoms with Crippen molar-refractivity contribution in [3.8, 4) is 0 Å². The summed E-state index contributed by atoms with van der Waals surface area (Å²) in [7, 11) is 0. The maximum absolute atomic E-state index is 12.0. The van der Waals surface area contributed by atoms with Gasteiger partial charge in [-0.3, -0.25) is 4.79 Å². The number of halogens is 2. The van der Waals surface area contributed by atoms with E-state index >= 15 is 0 Å². The number of carbonyl (C=O) groups is 1. The molecule has 0 amide bonds. The lowest BCUT2D eigenvalue weighted by Crippen LogP contribution is -2.13. The molecule has 0 saturated heterocycles. The van der Waals surface area contributed by atoms with E-state index in [1.807, 2.05) is 0 Å². The Morgan fingerprint density at radius 3 is 2.87 bits per heavy atom. The van der Waals surface area contributed by atoms with Gasteiger partial charge in [0.25, 0.3) is 0 Å². The zero-order valence-electron chi connectivity index (χ0n) is 8.23. The Balaban J connectivity index is 2.73. The molecule has 0 aromatic carbocycles. The van der Waals surface area contributed by atoms with Crippen LogP contribution in [0.1, 0.15) is 25.0 Å². The molecule has 0 bridgehead atoms. The van der Waals surface area contributed by atoms with E-state index in [0.29, 0.717) is 5.69 Å². The van der Waals surface area contributed by atoms with Crippen molar-refractivity contribution in [2.24, 2.45) is 0 Å². The molecule has 0 aliphatic rings. The number of hydrogen-bond acceptors (Lipinski definition) is 2. The van der Waals surface area contributed by atoms with E-state index in [9.17, 15) is 13.6 Å². The van der Waals surface area contributed by atoms with Crippen molar-refractivity contribution < 1.29 is 18.7 Å². The lowest BCUT2D eigenvalue weighted by atomic mass is 10.1. The van der Waals surface area contributed by atoms with Crippen LogP contribution in [0.25, 0.3) is 0 Å². The fraction of sp³-hybridized carbons (Fsp3) is 0.556. The molecular formula is C9H12F2N2O2. The van der Waals surface area contributed by atoms with Crippen LogP contribution in [-0.2, 0) is 11.3 Å². The zero-order valence-corrected chi connectivity index (χ0v) is 8.23. The number of nitrogens with zero attached hydrogens (tertiary/aromatic N) is 2. The van der Waals surface area contributed by atoms with Crippen molar-refractivity contribution in [3.05, 3.63) is 18.2 Å². The highest BCUT2D eigenvalue weighted by Gasteiger charge is 2.18. The molecule has 0 radical (unpaired) electrons. The van der Waals surface area contributed by atoms with Crippen LogP contribution in [0.3, 0.4) is 0 Å². The summed E-state index contributed by atoms with van der Waals surface area (Å²) in [6.45, 7) is 1.59. The molecule has 1 aromatic heterocycles. The van der Waals surface area contributed by atoms with Gasteiger partial charge in [0.1, 0.15) is 0 Å². The number of aryl methyl sites for hydroxylation is 1. The Kier molecular flexibility index (Phi) is 3.76. The maximum Gasteiger partial charge on any atom is 0.312 e. The Morgan fingerprint density at radius 2 is 2.33 bits per heavy atom. The summed E-state index contributed by atoms with van der Waals surface area (Å²) in [5.41, 5.74) is 0.447. The van der Waals surface area contributed by atoms with Crippen molar-refractivity contribution in [2.75, 3.05) is 0 Å².